The minimum atomic E-state index is 0.147. The van der Waals surface area contributed by atoms with Crippen molar-refractivity contribution >= 4 is 5.69 Å². The number of methoxy groups -OCH3 is 1. The standard InChI is InChI=1S/C20H24N4O2/c1-26-20-18(13-21)19(7-9-22-20)24-11-10-23(17(15-24)8-12-25)14-16-5-3-2-4-6-16/h2-7,9,17,25H,8,10-12,14-15H2,1H3/t17-/m1/s1. The summed E-state index contributed by atoms with van der Waals surface area (Å²) in [5, 5.41) is 19.0. The van der Waals surface area contributed by atoms with Crippen LogP contribution in [0.2, 0.25) is 0 Å². The molecule has 2 heterocycles. The number of hydrogen-bond acceptors (Lipinski definition) is 6. The average Bonchev–Trinajstić information content (AvgIpc) is 2.69. The Balaban J connectivity index is 1.79. The van der Waals surface area contributed by atoms with E-state index in [-0.39, 0.29) is 12.6 Å². The first kappa shape index (κ1) is 18.2. The number of benzene rings is 1. The van der Waals surface area contributed by atoms with E-state index in [0.29, 0.717) is 17.9 Å². The van der Waals surface area contributed by atoms with Crippen molar-refractivity contribution in [1.29, 1.82) is 5.26 Å². The number of pyridine rings is 1. The lowest BCUT2D eigenvalue weighted by atomic mass is 10.1. The molecule has 6 heteroatoms. The van der Waals surface area contributed by atoms with E-state index in [1.807, 2.05) is 12.1 Å². The van der Waals surface area contributed by atoms with Crippen LogP contribution in [0.5, 0.6) is 5.88 Å². The van der Waals surface area contributed by atoms with Crippen molar-refractivity contribution < 1.29 is 9.84 Å². The van der Waals surface area contributed by atoms with Gasteiger partial charge in [0.2, 0.25) is 5.88 Å². The minimum Gasteiger partial charge on any atom is -0.480 e. The van der Waals surface area contributed by atoms with E-state index in [0.717, 1.165) is 31.9 Å². The van der Waals surface area contributed by atoms with Gasteiger partial charge in [0.05, 0.1) is 12.8 Å². The van der Waals surface area contributed by atoms with E-state index in [1.54, 1.807) is 6.20 Å². The summed E-state index contributed by atoms with van der Waals surface area (Å²) in [6.45, 7) is 3.46. The minimum absolute atomic E-state index is 0.147. The summed E-state index contributed by atoms with van der Waals surface area (Å²) in [7, 11) is 1.53. The Morgan fingerprint density at radius 3 is 2.77 bits per heavy atom. The molecule has 1 atom stereocenters. The third-order valence-electron chi connectivity index (χ3n) is 4.84. The van der Waals surface area contributed by atoms with E-state index in [2.05, 4.69) is 45.1 Å². The molecule has 0 spiro atoms. The highest BCUT2D eigenvalue weighted by Crippen LogP contribution is 2.29. The monoisotopic (exact) mass is 352 g/mol. The van der Waals surface area contributed by atoms with E-state index < -0.39 is 0 Å². The number of aromatic nitrogens is 1. The van der Waals surface area contributed by atoms with Gasteiger partial charge in [0.1, 0.15) is 11.6 Å². The van der Waals surface area contributed by atoms with Gasteiger partial charge in [0.25, 0.3) is 0 Å². The van der Waals surface area contributed by atoms with Crippen molar-refractivity contribution in [2.24, 2.45) is 0 Å². The predicted molar refractivity (Wildman–Crippen MR) is 100 cm³/mol. The summed E-state index contributed by atoms with van der Waals surface area (Å²) >= 11 is 0. The van der Waals surface area contributed by atoms with Gasteiger partial charge in [-0.1, -0.05) is 30.3 Å². The fraction of sp³-hybridized carbons (Fsp3) is 0.400. The molecule has 0 saturated carbocycles. The number of hydrogen-bond donors (Lipinski definition) is 1. The van der Waals surface area contributed by atoms with Gasteiger partial charge in [0.15, 0.2) is 0 Å². The fourth-order valence-electron chi connectivity index (χ4n) is 3.52. The van der Waals surface area contributed by atoms with Crippen molar-refractivity contribution in [2.45, 2.75) is 19.0 Å². The second-order valence-corrected chi connectivity index (χ2v) is 6.39. The maximum absolute atomic E-state index is 9.53. The third kappa shape index (κ3) is 3.96. The van der Waals surface area contributed by atoms with E-state index in [9.17, 15) is 10.4 Å². The largest absolute Gasteiger partial charge is 0.480 e. The molecular formula is C20H24N4O2. The Morgan fingerprint density at radius 1 is 1.27 bits per heavy atom. The highest BCUT2D eigenvalue weighted by molar-refractivity contribution is 5.63. The third-order valence-corrected chi connectivity index (χ3v) is 4.84. The Morgan fingerprint density at radius 2 is 2.08 bits per heavy atom. The van der Waals surface area contributed by atoms with E-state index >= 15 is 0 Å². The highest BCUT2D eigenvalue weighted by Gasteiger charge is 2.28. The molecule has 1 aromatic heterocycles. The zero-order chi connectivity index (χ0) is 18.4. The molecule has 2 aromatic rings. The van der Waals surface area contributed by atoms with Crippen LogP contribution in [0.3, 0.4) is 0 Å². The molecule has 0 unspecified atom stereocenters. The zero-order valence-electron chi connectivity index (χ0n) is 15.0. The SMILES string of the molecule is COc1nccc(N2CCN(Cc3ccccc3)[C@H](CCO)C2)c1C#N. The Bertz CT molecular complexity index is 760. The lowest BCUT2D eigenvalue weighted by molar-refractivity contribution is 0.135. The van der Waals surface area contributed by atoms with Crippen molar-refractivity contribution in [2.75, 3.05) is 38.3 Å². The molecule has 1 aliphatic heterocycles. The first-order chi connectivity index (χ1) is 12.8. The number of ether oxygens (including phenoxy) is 1. The first-order valence-electron chi connectivity index (χ1n) is 8.83. The van der Waals surface area contributed by atoms with Gasteiger partial charge >= 0.3 is 0 Å². The Kier molecular flexibility index (Phi) is 6.05. The molecule has 26 heavy (non-hydrogen) atoms. The summed E-state index contributed by atoms with van der Waals surface area (Å²) in [6.07, 6.45) is 2.37. The van der Waals surface area contributed by atoms with Crippen LogP contribution in [-0.4, -0.2) is 54.4 Å². The Hall–Kier alpha value is -2.62. The molecule has 3 rings (SSSR count). The number of rotatable bonds is 6. The maximum Gasteiger partial charge on any atom is 0.233 e. The second kappa shape index (κ2) is 8.65. The molecule has 0 amide bonds. The van der Waals surface area contributed by atoms with Gasteiger partial charge in [-0.05, 0) is 18.1 Å². The molecule has 1 fully saturated rings. The smallest absolute Gasteiger partial charge is 0.233 e. The summed E-state index contributed by atoms with van der Waals surface area (Å²) in [5.74, 6) is 0.357. The number of piperazine rings is 1. The van der Waals surface area contributed by atoms with Gasteiger partial charge in [-0.3, -0.25) is 4.90 Å². The van der Waals surface area contributed by atoms with Crippen LogP contribution in [0, 0.1) is 11.3 Å². The number of nitriles is 1. The van der Waals surface area contributed by atoms with Crippen LogP contribution in [0.15, 0.2) is 42.6 Å². The lowest BCUT2D eigenvalue weighted by Crippen LogP contribution is -2.53. The fourth-order valence-corrected chi connectivity index (χ4v) is 3.52. The summed E-state index contributed by atoms with van der Waals surface area (Å²) in [6, 6.07) is 14.7. The van der Waals surface area contributed by atoms with Crippen molar-refractivity contribution in [3.63, 3.8) is 0 Å². The first-order valence-corrected chi connectivity index (χ1v) is 8.83. The van der Waals surface area contributed by atoms with Crippen LogP contribution in [0.1, 0.15) is 17.5 Å². The van der Waals surface area contributed by atoms with Crippen molar-refractivity contribution in [3.05, 3.63) is 53.7 Å². The van der Waals surface area contributed by atoms with Gasteiger partial charge in [-0.2, -0.15) is 5.26 Å². The molecular weight excluding hydrogens is 328 g/mol. The van der Waals surface area contributed by atoms with Crippen LogP contribution < -0.4 is 9.64 Å². The molecule has 136 valence electrons. The van der Waals surface area contributed by atoms with Crippen molar-refractivity contribution in [3.8, 4) is 11.9 Å². The normalized spacial score (nSPS) is 17.7. The number of nitrogens with zero attached hydrogens (tertiary/aromatic N) is 4. The topological polar surface area (TPSA) is 72.6 Å². The summed E-state index contributed by atoms with van der Waals surface area (Å²) in [4.78, 5) is 8.74. The van der Waals surface area contributed by atoms with Crippen molar-refractivity contribution in [1.82, 2.24) is 9.88 Å². The second-order valence-electron chi connectivity index (χ2n) is 6.39. The number of anilines is 1. The molecule has 1 saturated heterocycles. The number of aliphatic hydroxyl groups excluding tert-OH is 1. The Labute approximate surface area is 154 Å². The molecule has 0 radical (unpaired) electrons. The predicted octanol–water partition coefficient (Wildman–Crippen LogP) is 2.04. The lowest BCUT2D eigenvalue weighted by Gasteiger charge is -2.42. The van der Waals surface area contributed by atoms with Gasteiger partial charge in [0, 0.05) is 45.0 Å². The number of aliphatic hydroxyl groups is 1. The molecule has 0 bridgehead atoms. The zero-order valence-corrected chi connectivity index (χ0v) is 15.0. The van der Waals surface area contributed by atoms with Gasteiger partial charge < -0.3 is 14.7 Å². The summed E-state index contributed by atoms with van der Waals surface area (Å²) in [5.41, 5.74) is 2.59. The van der Waals surface area contributed by atoms with Gasteiger partial charge in [-0.15, -0.1) is 0 Å². The van der Waals surface area contributed by atoms with Crippen LogP contribution in [0.25, 0.3) is 0 Å². The van der Waals surface area contributed by atoms with Gasteiger partial charge in [-0.25, -0.2) is 4.98 Å². The average molecular weight is 352 g/mol. The van der Waals surface area contributed by atoms with E-state index in [4.69, 9.17) is 4.74 Å². The van der Waals surface area contributed by atoms with E-state index in [1.165, 1.54) is 12.7 Å². The quantitative estimate of drug-likeness (QED) is 0.858. The highest BCUT2D eigenvalue weighted by atomic mass is 16.5. The molecule has 1 N–H and O–H groups in total. The maximum atomic E-state index is 9.53. The molecule has 1 aromatic carbocycles. The van der Waals surface area contributed by atoms with Crippen LogP contribution in [-0.2, 0) is 6.54 Å². The molecule has 1 aliphatic rings. The van der Waals surface area contributed by atoms with Crippen LogP contribution >= 0.6 is 0 Å². The molecule has 6 nitrogen and oxygen atoms in total. The summed E-state index contributed by atoms with van der Waals surface area (Å²) < 4.78 is 5.23. The van der Waals surface area contributed by atoms with Crippen LogP contribution in [0.4, 0.5) is 5.69 Å². The molecule has 0 aliphatic carbocycles.